The molecule has 1 aromatic rings. The van der Waals surface area contributed by atoms with Gasteiger partial charge in [-0.3, -0.25) is 4.98 Å². The number of thioether (sulfide) groups is 1. The summed E-state index contributed by atoms with van der Waals surface area (Å²) in [6.07, 6.45) is 5.79. The molecular formula is C13H12N2O2S. The molecular weight excluding hydrogens is 248 g/mol. The van der Waals surface area contributed by atoms with Crippen molar-refractivity contribution in [3.8, 4) is 0 Å². The lowest BCUT2D eigenvalue weighted by Crippen LogP contribution is -2.20. The van der Waals surface area contributed by atoms with Gasteiger partial charge in [-0.1, -0.05) is 12.1 Å². The SMILES string of the molecule is COC(=O)C1=C(N)C2c3cccnc3C=CC2S1. The molecule has 2 unspecified atom stereocenters. The molecule has 2 N–H and O–H groups in total. The van der Waals surface area contributed by atoms with Crippen LogP contribution in [0.5, 0.6) is 0 Å². The number of rotatable bonds is 1. The second-order valence-corrected chi connectivity index (χ2v) is 5.36. The summed E-state index contributed by atoms with van der Waals surface area (Å²) >= 11 is 1.46. The van der Waals surface area contributed by atoms with Crippen molar-refractivity contribution in [2.45, 2.75) is 11.2 Å². The van der Waals surface area contributed by atoms with Crippen LogP contribution in [0.15, 0.2) is 35.0 Å². The Hall–Kier alpha value is -1.75. The number of hydrogen-bond acceptors (Lipinski definition) is 5. The number of esters is 1. The zero-order chi connectivity index (χ0) is 12.7. The zero-order valence-electron chi connectivity index (χ0n) is 9.79. The second-order valence-electron chi connectivity index (χ2n) is 4.17. The van der Waals surface area contributed by atoms with Crippen LogP contribution in [0, 0.1) is 0 Å². The van der Waals surface area contributed by atoms with Gasteiger partial charge in [0.25, 0.3) is 0 Å². The molecule has 92 valence electrons. The van der Waals surface area contributed by atoms with E-state index in [-0.39, 0.29) is 17.1 Å². The van der Waals surface area contributed by atoms with E-state index in [0.29, 0.717) is 10.6 Å². The van der Waals surface area contributed by atoms with E-state index >= 15 is 0 Å². The molecule has 1 aliphatic carbocycles. The van der Waals surface area contributed by atoms with Gasteiger partial charge in [0.1, 0.15) is 4.91 Å². The lowest BCUT2D eigenvalue weighted by atomic mass is 9.87. The van der Waals surface area contributed by atoms with E-state index in [1.54, 1.807) is 6.20 Å². The molecule has 0 saturated carbocycles. The summed E-state index contributed by atoms with van der Waals surface area (Å²) < 4.78 is 4.76. The Morgan fingerprint density at radius 1 is 1.56 bits per heavy atom. The Morgan fingerprint density at radius 2 is 2.39 bits per heavy atom. The summed E-state index contributed by atoms with van der Waals surface area (Å²) in [4.78, 5) is 16.5. The number of carbonyl (C=O) groups excluding carboxylic acids is 1. The summed E-state index contributed by atoms with van der Waals surface area (Å²) in [5.41, 5.74) is 8.72. The van der Waals surface area contributed by atoms with Crippen LogP contribution >= 0.6 is 11.8 Å². The third-order valence-electron chi connectivity index (χ3n) is 3.20. The smallest absolute Gasteiger partial charge is 0.346 e. The molecule has 0 spiro atoms. The average molecular weight is 260 g/mol. The molecule has 5 heteroatoms. The van der Waals surface area contributed by atoms with E-state index in [2.05, 4.69) is 4.98 Å². The largest absolute Gasteiger partial charge is 0.465 e. The third-order valence-corrected chi connectivity index (χ3v) is 4.54. The van der Waals surface area contributed by atoms with E-state index < -0.39 is 0 Å². The first-order chi connectivity index (χ1) is 8.72. The van der Waals surface area contributed by atoms with Crippen molar-refractivity contribution in [2.75, 3.05) is 7.11 Å². The van der Waals surface area contributed by atoms with E-state index in [1.807, 2.05) is 24.3 Å². The lowest BCUT2D eigenvalue weighted by molar-refractivity contribution is -0.135. The standard InChI is InChI=1S/C13H12N2O2S/c1-17-13(16)12-11(14)10-7-3-2-6-15-8(7)4-5-9(10)18-12/h2-6,9-10H,14H2,1H3. The molecule has 0 bridgehead atoms. The van der Waals surface area contributed by atoms with Crippen molar-refractivity contribution in [2.24, 2.45) is 5.73 Å². The first-order valence-electron chi connectivity index (χ1n) is 5.60. The Bertz CT molecular complexity index is 580. The van der Waals surface area contributed by atoms with Gasteiger partial charge in [-0.15, -0.1) is 11.8 Å². The van der Waals surface area contributed by atoms with Gasteiger partial charge in [0.05, 0.1) is 12.8 Å². The van der Waals surface area contributed by atoms with Crippen LogP contribution in [0.25, 0.3) is 6.08 Å². The minimum Gasteiger partial charge on any atom is -0.465 e. The van der Waals surface area contributed by atoms with E-state index in [0.717, 1.165) is 11.3 Å². The van der Waals surface area contributed by atoms with Gasteiger partial charge >= 0.3 is 5.97 Å². The normalized spacial score (nSPS) is 24.7. The molecule has 0 amide bonds. The highest BCUT2D eigenvalue weighted by Crippen LogP contribution is 2.49. The number of hydrogen-bond donors (Lipinski definition) is 1. The van der Waals surface area contributed by atoms with Crippen LogP contribution in [0.3, 0.4) is 0 Å². The monoisotopic (exact) mass is 260 g/mol. The molecule has 2 heterocycles. The molecule has 3 rings (SSSR count). The summed E-state index contributed by atoms with van der Waals surface area (Å²) in [5, 5.41) is 0.163. The summed E-state index contributed by atoms with van der Waals surface area (Å²) in [6, 6.07) is 3.90. The molecule has 0 saturated heterocycles. The van der Waals surface area contributed by atoms with Crippen molar-refractivity contribution in [1.29, 1.82) is 0 Å². The highest BCUT2D eigenvalue weighted by atomic mass is 32.2. The maximum Gasteiger partial charge on any atom is 0.346 e. The predicted octanol–water partition coefficient (Wildman–Crippen LogP) is 1.65. The summed E-state index contributed by atoms with van der Waals surface area (Å²) in [7, 11) is 1.37. The fourth-order valence-corrected chi connectivity index (χ4v) is 3.66. The van der Waals surface area contributed by atoms with Crippen LogP contribution in [0.4, 0.5) is 0 Å². The topological polar surface area (TPSA) is 65.2 Å². The third kappa shape index (κ3) is 1.54. The van der Waals surface area contributed by atoms with Crippen molar-refractivity contribution < 1.29 is 9.53 Å². The van der Waals surface area contributed by atoms with Crippen LogP contribution in [-0.4, -0.2) is 23.3 Å². The molecule has 1 aromatic heterocycles. The number of aromatic nitrogens is 1. The molecule has 0 aromatic carbocycles. The van der Waals surface area contributed by atoms with Crippen molar-refractivity contribution in [1.82, 2.24) is 4.98 Å². The molecule has 4 nitrogen and oxygen atoms in total. The number of carbonyl (C=O) groups is 1. The molecule has 2 aliphatic rings. The number of nitrogens with two attached hydrogens (primary N) is 1. The van der Waals surface area contributed by atoms with E-state index in [4.69, 9.17) is 10.5 Å². The van der Waals surface area contributed by atoms with Gasteiger partial charge in [0.2, 0.25) is 0 Å². The number of pyridine rings is 1. The van der Waals surface area contributed by atoms with Gasteiger partial charge in [0.15, 0.2) is 0 Å². The maximum atomic E-state index is 11.7. The molecule has 0 radical (unpaired) electrons. The number of ether oxygens (including phenoxy) is 1. The van der Waals surface area contributed by atoms with Gasteiger partial charge in [0, 0.05) is 23.1 Å². The minimum atomic E-state index is -0.356. The molecule has 18 heavy (non-hydrogen) atoms. The summed E-state index contributed by atoms with van der Waals surface area (Å²) in [5.74, 6) is -0.330. The highest BCUT2D eigenvalue weighted by molar-refractivity contribution is 8.05. The van der Waals surface area contributed by atoms with Crippen molar-refractivity contribution in [3.63, 3.8) is 0 Å². The second kappa shape index (κ2) is 4.17. The Morgan fingerprint density at radius 3 is 3.17 bits per heavy atom. The average Bonchev–Trinajstić information content (AvgIpc) is 2.76. The highest BCUT2D eigenvalue weighted by Gasteiger charge is 2.39. The minimum absolute atomic E-state index is 0.0257. The fraction of sp³-hybridized carbons (Fsp3) is 0.231. The molecule has 0 fully saturated rings. The van der Waals surface area contributed by atoms with Crippen LogP contribution in [-0.2, 0) is 9.53 Å². The van der Waals surface area contributed by atoms with Crippen molar-refractivity contribution in [3.05, 3.63) is 46.3 Å². The summed E-state index contributed by atoms with van der Waals surface area (Å²) in [6.45, 7) is 0. The Kier molecular flexibility index (Phi) is 2.63. The number of fused-ring (bicyclic) bond motifs is 3. The van der Waals surface area contributed by atoms with Gasteiger partial charge in [-0.25, -0.2) is 4.79 Å². The van der Waals surface area contributed by atoms with Gasteiger partial charge in [-0.2, -0.15) is 0 Å². The fourth-order valence-electron chi connectivity index (χ4n) is 2.36. The Labute approximate surface area is 109 Å². The van der Waals surface area contributed by atoms with E-state index in [9.17, 15) is 4.79 Å². The number of methoxy groups -OCH3 is 1. The van der Waals surface area contributed by atoms with Gasteiger partial charge < -0.3 is 10.5 Å². The lowest BCUT2D eigenvalue weighted by Gasteiger charge is -2.22. The molecule has 2 atom stereocenters. The quantitative estimate of drug-likeness (QED) is 0.778. The Balaban J connectivity index is 2.08. The number of nitrogens with zero attached hydrogens (tertiary/aromatic N) is 1. The zero-order valence-corrected chi connectivity index (χ0v) is 10.6. The predicted molar refractivity (Wildman–Crippen MR) is 70.6 cm³/mol. The van der Waals surface area contributed by atoms with Crippen LogP contribution in [0.2, 0.25) is 0 Å². The maximum absolute atomic E-state index is 11.7. The van der Waals surface area contributed by atoms with Gasteiger partial charge in [-0.05, 0) is 17.7 Å². The van der Waals surface area contributed by atoms with Crippen LogP contribution in [0.1, 0.15) is 17.2 Å². The number of allylic oxidation sites excluding steroid dienone is 1. The molecule has 1 aliphatic heterocycles. The van der Waals surface area contributed by atoms with E-state index in [1.165, 1.54) is 18.9 Å². The first kappa shape index (κ1) is 11.3. The van der Waals surface area contributed by atoms with Crippen LogP contribution < -0.4 is 5.73 Å². The first-order valence-corrected chi connectivity index (χ1v) is 6.48. The van der Waals surface area contributed by atoms with Crippen molar-refractivity contribution >= 4 is 23.8 Å².